The zero-order chi connectivity index (χ0) is 18.3. The normalized spacial score (nSPS) is 14.3. The number of anilines is 2. The fourth-order valence-electron chi connectivity index (χ4n) is 3.10. The molecule has 7 heteroatoms. The Morgan fingerprint density at radius 1 is 1.08 bits per heavy atom. The molecule has 0 saturated heterocycles. The van der Waals surface area contributed by atoms with E-state index in [0.29, 0.717) is 23.7 Å². The van der Waals surface area contributed by atoms with Crippen LogP contribution >= 0.6 is 11.6 Å². The van der Waals surface area contributed by atoms with Gasteiger partial charge in [0.1, 0.15) is 5.82 Å². The summed E-state index contributed by atoms with van der Waals surface area (Å²) in [4.78, 5) is 25.9. The SMILES string of the molecule is CN1CCCN(C(=O)c2ccc(Cl)cc2F)c2nc3ccccc3nc21. The second kappa shape index (κ2) is 6.53. The van der Waals surface area contributed by atoms with Gasteiger partial charge in [-0.05, 0) is 36.8 Å². The molecule has 1 aliphatic rings. The quantitative estimate of drug-likeness (QED) is 0.651. The van der Waals surface area contributed by atoms with Crippen LogP contribution in [0.4, 0.5) is 16.0 Å². The molecule has 0 N–H and O–H groups in total. The van der Waals surface area contributed by atoms with E-state index in [2.05, 4.69) is 9.97 Å². The van der Waals surface area contributed by atoms with Crippen molar-refractivity contribution in [3.05, 3.63) is 58.9 Å². The van der Waals surface area contributed by atoms with Gasteiger partial charge >= 0.3 is 0 Å². The Bertz CT molecular complexity index is 1010. The van der Waals surface area contributed by atoms with Gasteiger partial charge in [-0.15, -0.1) is 0 Å². The number of halogens is 2. The van der Waals surface area contributed by atoms with Gasteiger partial charge in [-0.25, -0.2) is 14.4 Å². The molecule has 0 unspecified atom stereocenters. The Kier molecular flexibility index (Phi) is 4.20. The van der Waals surface area contributed by atoms with Crippen molar-refractivity contribution in [1.29, 1.82) is 0 Å². The molecule has 1 amide bonds. The summed E-state index contributed by atoms with van der Waals surface area (Å²) in [5.74, 6) is -0.0253. The average molecular weight is 371 g/mol. The van der Waals surface area contributed by atoms with E-state index in [1.165, 1.54) is 17.0 Å². The molecule has 1 aromatic heterocycles. The molecule has 5 nitrogen and oxygen atoms in total. The van der Waals surface area contributed by atoms with E-state index in [1.807, 2.05) is 36.2 Å². The number of rotatable bonds is 1. The first-order chi connectivity index (χ1) is 12.5. The van der Waals surface area contributed by atoms with Crippen molar-refractivity contribution in [3.8, 4) is 0 Å². The van der Waals surface area contributed by atoms with Gasteiger partial charge in [0.25, 0.3) is 5.91 Å². The number of benzene rings is 2. The second-order valence-electron chi connectivity index (χ2n) is 6.22. The molecule has 132 valence electrons. The number of nitrogens with zero attached hydrogens (tertiary/aromatic N) is 4. The Hall–Kier alpha value is -2.73. The Morgan fingerprint density at radius 2 is 1.77 bits per heavy atom. The largest absolute Gasteiger partial charge is 0.357 e. The molecule has 3 aromatic rings. The Morgan fingerprint density at radius 3 is 2.46 bits per heavy atom. The number of para-hydroxylation sites is 2. The van der Waals surface area contributed by atoms with Gasteiger partial charge in [-0.3, -0.25) is 9.69 Å². The molecule has 0 radical (unpaired) electrons. The van der Waals surface area contributed by atoms with Gasteiger partial charge in [0.2, 0.25) is 0 Å². The number of fused-ring (bicyclic) bond motifs is 2. The van der Waals surface area contributed by atoms with E-state index in [0.717, 1.165) is 24.5 Å². The van der Waals surface area contributed by atoms with Crippen molar-refractivity contribution < 1.29 is 9.18 Å². The summed E-state index contributed by atoms with van der Waals surface area (Å²) >= 11 is 5.81. The lowest BCUT2D eigenvalue weighted by Crippen LogP contribution is -2.33. The molecule has 0 atom stereocenters. The summed E-state index contributed by atoms with van der Waals surface area (Å²) in [6.45, 7) is 1.16. The smallest absolute Gasteiger partial charge is 0.262 e. The van der Waals surface area contributed by atoms with E-state index in [9.17, 15) is 9.18 Å². The molecular weight excluding hydrogens is 355 g/mol. The lowest BCUT2D eigenvalue weighted by Gasteiger charge is -2.23. The van der Waals surface area contributed by atoms with Crippen LogP contribution in [0.2, 0.25) is 5.02 Å². The number of hydrogen-bond acceptors (Lipinski definition) is 4. The van der Waals surface area contributed by atoms with E-state index in [4.69, 9.17) is 11.6 Å². The van der Waals surface area contributed by atoms with E-state index in [-0.39, 0.29) is 10.6 Å². The van der Waals surface area contributed by atoms with Crippen LogP contribution in [-0.2, 0) is 0 Å². The number of aromatic nitrogens is 2. The van der Waals surface area contributed by atoms with Crippen molar-refractivity contribution in [2.75, 3.05) is 29.9 Å². The van der Waals surface area contributed by atoms with Crippen molar-refractivity contribution >= 4 is 40.2 Å². The van der Waals surface area contributed by atoms with Crippen LogP contribution in [0.5, 0.6) is 0 Å². The minimum atomic E-state index is -0.643. The average Bonchev–Trinajstić information content (AvgIpc) is 2.78. The summed E-state index contributed by atoms with van der Waals surface area (Å²) in [7, 11) is 1.92. The summed E-state index contributed by atoms with van der Waals surface area (Å²) in [5, 5.41) is 0.251. The molecule has 0 bridgehead atoms. The summed E-state index contributed by atoms with van der Waals surface area (Å²) in [6, 6.07) is 11.6. The van der Waals surface area contributed by atoms with Gasteiger partial charge < -0.3 is 4.90 Å². The molecule has 4 rings (SSSR count). The third kappa shape index (κ3) is 2.86. The van der Waals surface area contributed by atoms with E-state index >= 15 is 0 Å². The minimum absolute atomic E-state index is 0.0279. The summed E-state index contributed by atoms with van der Waals surface area (Å²) < 4.78 is 14.3. The highest BCUT2D eigenvalue weighted by molar-refractivity contribution is 6.30. The monoisotopic (exact) mass is 370 g/mol. The third-order valence-corrected chi connectivity index (χ3v) is 4.67. The van der Waals surface area contributed by atoms with Crippen LogP contribution in [-0.4, -0.2) is 36.0 Å². The van der Waals surface area contributed by atoms with Gasteiger partial charge in [-0.2, -0.15) is 0 Å². The van der Waals surface area contributed by atoms with Crippen molar-refractivity contribution in [3.63, 3.8) is 0 Å². The molecule has 2 heterocycles. The molecule has 0 spiro atoms. The molecule has 0 fully saturated rings. The predicted octanol–water partition coefficient (Wildman–Crippen LogP) is 3.91. The van der Waals surface area contributed by atoms with E-state index < -0.39 is 11.7 Å². The lowest BCUT2D eigenvalue weighted by molar-refractivity contribution is 0.0982. The number of carbonyl (C=O) groups is 1. The van der Waals surface area contributed by atoms with Gasteiger partial charge in [-0.1, -0.05) is 23.7 Å². The Balaban J connectivity index is 1.86. The maximum absolute atomic E-state index is 14.3. The minimum Gasteiger partial charge on any atom is -0.357 e. The van der Waals surface area contributed by atoms with Crippen LogP contribution in [0.3, 0.4) is 0 Å². The summed E-state index contributed by atoms with van der Waals surface area (Å²) in [5.41, 5.74) is 1.42. The molecule has 1 aliphatic heterocycles. The number of amides is 1. The van der Waals surface area contributed by atoms with Gasteiger partial charge in [0, 0.05) is 25.2 Å². The number of hydrogen-bond donors (Lipinski definition) is 0. The highest BCUT2D eigenvalue weighted by atomic mass is 35.5. The zero-order valence-corrected chi connectivity index (χ0v) is 14.9. The molecule has 26 heavy (non-hydrogen) atoms. The van der Waals surface area contributed by atoms with Crippen molar-refractivity contribution in [1.82, 2.24) is 9.97 Å². The maximum Gasteiger partial charge on any atom is 0.262 e. The molecular formula is C19H16ClFN4O. The standard InChI is InChI=1S/C19H16ClFN4O/c1-24-9-4-10-25(19(26)13-8-7-12(20)11-14(13)21)18-17(24)22-15-5-2-3-6-16(15)23-18/h2-3,5-8,11H,4,9-10H2,1H3. The lowest BCUT2D eigenvalue weighted by atomic mass is 10.1. The highest BCUT2D eigenvalue weighted by Gasteiger charge is 2.28. The van der Waals surface area contributed by atoms with E-state index in [1.54, 1.807) is 0 Å². The van der Waals surface area contributed by atoms with Crippen LogP contribution in [0.25, 0.3) is 11.0 Å². The molecule has 0 aliphatic carbocycles. The van der Waals surface area contributed by atoms with Crippen LogP contribution < -0.4 is 9.80 Å². The fraction of sp³-hybridized carbons (Fsp3) is 0.211. The van der Waals surface area contributed by atoms with Crippen LogP contribution in [0, 0.1) is 5.82 Å². The first-order valence-corrected chi connectivity index (χ1v) is 8.67. The first kappa shape index (κ1) is 16.7. The fourth-order valence-corrected chi connectivity index (χ4v) is 3.26. The molecule has 0 saturated carbocycles. The summed E-state index contributed by atoms with van der Waals surface area (Å²) in [6.07, 6.45) is 0.728. The third-order valence-electron chi connectivity index (χ3n) is 4.43. The van der Waals surface area contributed by atoms with Crippen LogP contribution in [0.15, 0.2) is 42.5 Å². The Labute approximate surface area is 155 Å². The maximum atomic E-state index is 14.3. The number of carbonyl (C=O) groups excluding carboxylic acids is 1. The second-order valence-corrected chi connectivity index (χ2v) is 6.65. The van der Waals surface area contributed by atoms with Gasteiger partial charge in [0.15, 0.2) is 11.6 Å². The topological polar surface area (TPSA) is 49.3 Å². The van der Waals surface area contributed by atoms with Crippen LogP contribution in [0.1, 0.15) is 16.8 Å². The molecule has 2 aromatic carbocycles. The van der Waals surface area contributed by atoms with Crippen molar-refractivity contribution in [2.45, 2.75) is 6.42 Å². The highest BCUT2D eigenvalue weighted by Crippen LogP contribution is 2.31. The van der Waals surface area contributed by atoms with Crippen molar-refractivity contribution in [2.24, 2.45) is 0 Å². The first-order valence-electron chi connectivity index (χ1n) is 8.29. The van der Waals surface area contributed by atoms with Gasteiger partial charge in [0.05, 0.1) is 16.6 Å². The predicted molar refractivity (Wildman–Crippen MR) is 101 cm³/mol. The zero-order valence-electron chi connectivity index (χ0n) is 14.1.